The number of hydrogen-bond donors (Lipinski definition) is 1. The molecule has 1 N–H and O–H groups in total. The Morgan fingerprint density at radius 2 is 2.23 bits per heavy atom. The minimum Gasteiger partial charge on any atom is -0.381 e. The van der Waals surface area contributed by atoms with Crippen LogP contribution in [0.2, 0.25) is 0 Å². The van der Waals surface area contributed by atoms with Crippen LogP contribution in [0.5, 0.6) is 0 Å². The van der Waals surface area contributed by atoms with Gasteiger partial charge < -0.3 is 4.74 Å². The van der Waals surface area contributed by atoms with Gasteiger partial charge in [-0.25, -0.2) is 0 Å². The Bertz CT molecular complexity index is 160. The molecule has 1 fully saturated rings. The number of nitrogens with one attached hydrogen (secondary N) is 1. The highest BCUT2D eigenvalue weighted by molar-refractivity contribution is 14.1. The first-order valence-electron chi connectivity index (χ1n) is 4.80. The van der Waals surface area contributed by atoms with Crippen LogP contribution in [0.25, 0.3) is 0 Å². The number of hydrogen-bond acceptors (Lipinski definition) is 2. The van der Waals surface area contributed by atoms with Crippen LogP contribution in [-0.2, 0) is 9.53 Å². The molecule has 0 aromatic rings. The molecule has 1 aliphatic rings. The minimum atomic E-state index is 0.0456. The van der Waals surface area contributed by atoms with Crippen molar-refractivity contribution in [1.29, 1.82) is 0 Å². The molecule has 76 valence electrons. The van der Waals surface area contributed by atoms with E-state index >= 15 is 0 Å². The molecule has 0 aliphatic heterocycles. The van der Waals surface area contributed by atoms with Crippen LogP contribution in [0.1, 0.15) is 32.1 Å². The van der Waals surface area contributed by atoms with Gasteiger partial charge in [-0.1, -0.05) is 19.3 Å². The number of halogens is 1. The Balaban J connectivity index is 1.80. The van der Waals surface area contributed by atoms with E-state index in [9.17, 15) is 4.79 Å². The predicted molar refractivity (Wildman–Crippen MR) is 59.6 cm³/mol. The molecule has 1 aliphatic carbocycles. The summed E-state index contributed by atoms with van der Waals surface area (Å²) < 4.78 is 7.89. The van der Waals surface area contributed by atoms with E-state index in [2.05, 4.69) is 3.53 Å². The summed E-state index contributed by atoms with van der Waals surface area (Å²) in [4.78, 5) is 10.8. The fourth-order valence-electron chi connectivity index (χ4n) is 1.35. The van der Waals surface area contributed by atoms with Crippen LogP contribution in [0.3, 0.4) is 0 Å². The van der Waals surface area contributed by atoms with Crippen molar-refractivity contribution in [3.8, 4) is 0 Å². The molecule has 0 aromatic carbocycles. The van der Waals surface area contributed by atoms with Gasteiger partial charge in [0.15, 0.2) is 0 Å². The zero-order valence-electron chi connectivity index (χ0n) is 7.72. The molecule has 1 rings (SSSR count). The molecule has 0 bridgehead atoms. The molecule has 1 saturated carbocycles. The van der Waals surface area contributed by atoms with E-state index in [1.54, 1.807) is 0 Å². The summed E-state index contributed by atoms with van der Waals surface area (Å²) in [5, 5.41) is 0. The second-order valence-corrected chi connectivity index (χ2v) is 4.01. The van der Waals surface area contributed by atoms with E-state index < -0.39 is 0 Å². The maximum absolute atomic E-state index is 10.8. The lowest BCUT2D eigenvalue weighted by Gasteiger charge is -2.24. The number of ether oxygens (including phenoxy) is 1. The molecule has 3 nitrogen and oxygen atoms in total. The van der Waals surface area contributed by atoms with Gasteiger partial charge in [-0.05, 0) is 12.3 Å². The largest absolute Gasteiger partial charge is 0.381 e. The molecule has 0 aromatic heterocycles. The summed E-state index contributed by atoms with van der Waals surface area (Å²) in [6, 6.07) is 0. The monoisotopic (exact) mass is 297 g/mol. The molecule has 13 heavy (non-hydrogen) atoms. The third kappa shape index (κ3) is 4.81. The molecule has 0 spiro atoms. The van der Waals surface area contributed by atoms with Gasteiger partial charge in [0.2, 0.25) is 5.91 Å². The first-order valence-corrected chi connectivity index (χ1v) is 5.88. The molecule has 0 radical (unpaired) electrons. The maximum Gasteiger partial charge on any atom is 0.230 e. The van der Waals surface area contributed by atoms with E-state index in [-0.39, 0.29) is 5.91 Å². The Labute approximate surface area is 93.1 Å². The van der Waals surface area contributed by atoms with Crippen molar-refractivity contribution in [2.45, 2.75) is 32.1 Å². The third-order valence-electron chi connectivity index (χ3n) is 2.47. The average Bonchev–Trinajstić information content (AvgIpc) is 2.07. The van der Waals surface area contributed by atoms with Crippen LogP contribution in [-0.4, -0.2) is 19.1 Å². The van der Waals surface area contributed by atoms with E-state index in [1.807, 2.05) is 22.9 Å². The van der Waals surface area contributed by atoms with Gasteiger partial charge in [-0.15, -0.1) is 0 Å². The predicted octanol–water partition coefficient (Wildman–Crippen LogP) is 2.05. The minimum absolute atomic E-state index is 0.0456. The van der Waals surface area contributed by atoms with Crippen molar-refractivity contribution in [3.05, 3.63) is 0 Å². The lowest BCUT2D eigenvalue weighted by molar-refractivity contribution is -0.119. The van der Waals surface area contributed by atoms with E-state index in [1.165, 1.54) is 25.7 Å². The van der Waals surface area contributed by atoms with Crippen LogP contribution in [0.4, 0.5) is 0 Å². The Morgan fingerprint density at radius 1 is 1.46 bits per heavy atom. The molecule has 4 heteroatoms. The molecule has 1 amide bonds. The lowest BCUT2D eigenvalue weighted by Crippen LogP contribution is -2.16. The highest BCUT2D eigenvalue weighted by Crippen LogP contribution is 2.28. The van der Waals surface area contributed by atoms with Crippen LogP contribution >= 0.6 is 22.9 Å². The third-order valence-corrected chi connectivity index (χ3v) is 3.08. The maximum atomic E-state index is 10.8. The van der Waals surface area contributed by atoms with E-state index in [4.69, 9.17) is 4.74 Å². The Kier molecular flexibility index (Phi) is 5.70. The second-order valence-electron chi connectivity index (χ2n) is 3.47. The summed E-state index contributed by atoms with van der Waals surface area (Å²) in [5.41, 5.74) is 0. The summed E-state index contributed by atoms with van der Waals surface area (Å²) in [7, 11) is 0. The van der Waals surface area contributed by atoms with Gasteiger partial charge in [0.25, 0.3) is 0 Å². The fourth-order valence-corrected chi connectivity index (χ4v) is 1.62. The van der Waals surface area contributed by atoms with E-state index in [0.29, 0.717) is 13.0 Å². The highest BCUT2D eigenvalue weighted by Gasteiger charge is 2.16. The smallest absolute Gasteiger partial charge is 0.230 e. The zero-order chi connectivity index (χ0) is 9.52. The van der Waals surface area contributed by atoms with Crippen LogP contribution in [0.15, 0.2) is 0 Å². The molecular weight excluding hydrogens is 281 g/mol. The zero-order valence-corrected chi connectivity index (χ0v) is 9.88. The standard InChI is InChI=1S/C9H16INO2/c10-11-9(12)5-7-13-6-4-8-2-1-3-8/h8H,1-7H2,(H,11,12). The Hall–Kier alpha value is 0.160. The average molecular weight is 297 g/mol. The molecule has 0 saturated heterocycles. The van der Waals surface area contributed by atoms with Gasteiger partial charge in [0, 0.05) is 6.61 Å². The number of amides is 1. The van der Waals surface area contributed by atoms with Gasteiger partial charge in [0.1, 0.15) is 0 Å². The number of rotatable bonds is 6. The highest BCUT2D eigenvalue weighted by atomic mass is 127. The van der Waals surface area contributed by atoms with Gasteiger partial charge in [0.05, 0.1) is 35.9 Å². The van der Waals surface area contributed by atoms with Crippen molar-refractivity contribution in [2.75, 3.05) is 13.2 Å². The Morgan fingerprint density at radius 3 is 2.77 bits per heavy atom. The molecular formula is C9H16INO2. The fraction of sp³-hybridized carbons (Fsp3) is 0.889. The van der Waals surface area contributed by atoms with Crippen LogP contribution in [0, 0.1) is 5.92 Å². The number of carbonyl (C=O) groups is 1. The number of carbonyl (C=O) groups excluding carboxylic acids is 1. The lowest BCUT2D eigenvalue weighted by atomic mass is 9.83. The quantitative estimate of drug-likeness (QED) is 0.463. The summed E-state index contributed by atoms with van der Waals surface area (Å²) >= 11 is 1.85. The normalized spacial score (nSPS) is 16.7. The SMILES string of the molecule is O=C(CCOCCC1CCC1)NI. The topological polar surface area (TPSA) is 38.3 Å². The van der Waals surface area contributed by atoms with Gasteiger partial charge in [-0.2, -0.15) is 0 Å². The summed E-state index contributed by atoms with van der Waals surface area (Å²) in [6.07, 6.45) is 5.79. The van der Waals surface area contributed by atoms with Crippen LogP contribution < -0.4 is 3.53 Å². The summed E-state index contributed by atoms with van der Waals surface area (Å²) in [6.45, 7) is 1.38. The van der Waals surface area contributed by atoms with Crippen molar-refractivity contribution >= 4 is 28.8 Å². The summed E-state index contributed by atoms with van der Waals surface area (Å²) in [5.74, 6) is 0.947. The van der Waals surface area contributed by atoms with Crippen molar-refractivity contribution in [2.24, 2.45) is 5.92 Å². The first-order chi connectivity index (χ1) is 6.33. The van der Waals surface area contributed by atoms with Gasteiger partial charge in [-0.3, -0.25) is 8.32 Å². The van der Waals surface area contributed by atoms with Crippen molar-refractivity contribution in [1.82, 2.24) is 3.53 Å². The van der Waals surface area contributed by atoms with Crippen molar-refractivity contribution in [3.63, 3.8) is 0 Å². The molecule has 0 heterocycles. The van der Waals surface area contributed by atoms with Crippen molar-refractivity contribution < 1.29 is 9.53 Å². The van der Waals surface area contributed by atoms with Gasteiger partial charge >= 0.3 is 0 Å². The second kappa shape index (κ2) is 6.59. The molecule has 0 atom stereocenters. The van der Waals surface area contributed by atoms with E-state index in [0.717, 1.165) is 12.5 Å². The molecule has 0 unspecified atom stereocenters. The first kappa shape index (κ1) is 11.2.